The van der Waals surface area contributed by atoms with Gasteiger partial charge in [0, 0.05) is 29.9 Å². The molecule has 6 rings (SSSR count). The van der Waals surface area contributed by atoms with E-state index in [0.29, 0.717) is 41.5 Å². The van der Waals surface area contributed by atoms with Crippen molar-refractivity contribution < 1.29 is 18.7 Å². The van der Waals surface area contributed by atoms with Crippen LogP contribution in [0.1, 0.15) is 19.6 Å². The van der Waals surface area contributed by atoms with E-state index in [1.807, 2.05) is 24.3 Å². The highest BCUT2D eigenvalue weighted by Crippen LogP contribution is 2.43. The largest absolute Gasteiger partial charge is 0.468 e. The van der Waals surface area contributed by atoms with Crippen molar-refractivity contribution in [2.24, 2.45) is 4.99 Å². The summed E-state index contributed by atoms with van der Waals surface area (Å²) in [6.07, 6.45) is 3.26. The summed E-state index contributed by atoms with van der Waals surface area (Å²) >= 11 is 0. The molecule has 186 valence electrons. The standard InChI is InChI=1S/C30H27N3O4/c1-19-17-24(27-26(28(19)34)30(2,29(35)32-27)25-9-6-14-37-25)31-23-11-10-21(33-12-15-36-16-13-33)18-22(23)20-7-4-3-5-8-20/h3-11,14,17-18H,12-13,15-16H2,1-2H3,(H,32,35). The Morgan fingerprint density at radius 2 is 1.78 bits per heavy atom. The number of ketones is 1. The Bertz CT molecular complexity index is 1480. The third-order valence-corrected chi connectivity index (χ3v) is 7.33. The summed E-state index contributed by atoms with van der Waals surface area (Å²) in [7, 11) is 0. The molecular weight excluding hydrogens is 466 g/mol. The second-order valence-electron chi connectivity index (χ2n) is 9.63. The molecule has 1 aliphatic carbocycles. The summed E-state index contributed by atoms with van der Waals surface area (Å²) in [5, 5.41) is 2.94. The van der Waals surface area contributed by atoms with E-state index < -0.39 is 5.41 Å². The molecule has 1 amide bonds. The normalized spacial score (nSPS) is 22.8. The third kappa shape index (κ3) is 3.83. The first-order chi connectivity index (χ1) is 18.0. The highest BCUT2D eigenvalue weighted by molar-refractivity contribution is 6.30. The zero-order valence-corrected chi connectivity index (χ0v) is 20.8. The number of anilines is 1. The molecule has 37 heavy (non-hydrogen) atoms. The molecule has 1 N–H and O–H groups in total. The summed E-state index contributed by atoms with van der Waals surface area (Å²) in [4.78, 5) is 33.9. The number of nitrogens with zero attached hydrogens (tertiary/aromatic N) is 2. The Balaban J connectivity index is 1.50. The van der Waals surface area contributed by atoms with Gasteiger partial charge in [0.2, 0.25) is 5.91 Å². The van der Waals surface area contributed by atoms with Crippen molar-refractivity contribution in [3.63, 3.8) is 0 Å². The molecule has 3 heterocycles. The smallest absolute Gasteiger partial charge is 0.242 e. The van der Waals surface area contributed by atoms with Crippen LogP contribution in [0.4, 0.5) is 11.4 Å². The molecule has 3 aliphatic rings. The van der Waals surface area contributed by atoms with Gasteiger partial charge in [-0.1, -0.05) is 30.3 Å². The lowest BCUT2D eigenvalue weighted by molar-refractivity contribution is -0.124. The number of rotatable bonds is 4. The Labute approximate surface area is 215 Å². The van der Waals surface area contributed by atoms with E-state index >= 15 is 0 Å². The van der Waals surface area contributed by atoms with Crippen molar-refractivity contribution in [3.05, 3.63) is 95.6 Å². The van der Waals surface area contributed by atoms with E-state index in [0.717, 1.165) is 35.6 Å². The van der Waals surface area contributed by atoms with E-state index in [1.54, 1.807) is 32.1 Å². The summed E-state index contributed by atoms with van der Waals surface area (Å²) < 4.78 is 11.1. The molecule has 0 radical (unpaired) electrons. The van der Waals surface area contributed by atoms with E-state index in [9.17, 15) is 9.59 Å². The maximum atomic E-state index is 13.3. The predicted molar refractivity (Wildman–Crippen MR) is 142 cm³/mol. The number of hydrogen-bond donors (Lipinski definition) is 1. The number of carbonyl (C=O) groups excluding carboxylic acids is 2. The number of carbonyl (C=O) groups is 2. The van der Waals surface area contributed by atoms with Gasteiger partial charge in [-0.3, -0.25) is 9.59 Å². The van der Waals surface area contributed by atoms with Gasteiger partial charge >= 0.3 is 0 Å². The fraction of sp³-hybridized carbons (Fsp3) is 0.233. The van der Waals surface area contributed by atoms with Crippen molar-refractivity contribution in [1.29, 1.82) is 0 Å². The van der Waals surface area contributed by atoms with Gasteiger partial charge in [-0.2, -0.15) is 0 Å². The Kier molecular flexibility index (Phi) is 5.65. The zero-order valence-electron chi connectivity index (χ0n) is 20.8. The quantitative estimate of drug-likeness (QED) is 0.532. The van der Waals surface area contributed by atoms with Gasteiger partial charge in [-0.05, 0) is 61.4 Å². The van der Waals surface area contributed by atoms with Crippen LogP contribution >= 0.6 is 0 Å². The van der Waals surface area contributed by atoms with Gasteiger partial charge in [0.25, 0.3) is 0 Å². The maximum absolute atomic E-state index is 13.3. The van der Waals surface area contributed by atoms with Crippen LogP contribution < -0.4 is 10.2 Å². The van der Waals surface area contributed by atoms with Crippen LogP contribution in [0, 0.1) is 0 Å². The average Bonchev–Trinajstić information content (AvgIpc) is 3.56. The number of aliphatic imine (C=N–C) groups is 1. The molecule has 7 heteroatoms. The molecule has 1 aromatic heterocycles. The van der Waals surface area contributed by atoms with Crippen LogP contribution in [0.5, 0.6) is 0 Å². The minimum Gasteiger partial charge on any atom is -0.468 e. The van der Waals surface area contributed by atoms with E-state index in [-0.39, 0.29) is 11.7 Å². The second kappa shape index (κ2) is 9.01. The van der Waals surface area contributed by atoms with E-state index in [4.69, 9.17) is 14.1 Å². The molecule has 1 unspecified atom stereocenters. The number of hydrogen-bond acceptors (Lipinski definition) is 6. The minimum atomic E-state index is -1.23. The topological polar surface area (TPSA) is 84.1 Å². The number of allylic oxidation sites excluding steroid dienone is 2. The Morgan fingerprint density at radius 3 is 2.51 bits per heavy atom. The number of morpholine rings is 1. The number of Topliss-reactive ketones (excluding diaryl/α,β-unsaturated/α-hetero) is 1. The lowest BCUT2D eigenvalue weighted by Gasteiger charge is -2.29. The molecule has 0 saturated carbocycles. The molecule has 0 bridgehead atoms. The van der Waals surface area contributed by atoms with Gasteiger partial charge < -0.3 is 19.4 Å². The van der Waals surface area contributed by atoms with Crippen molar-refractivity contribution in [1.82, 2.24) is 5.32 Å². The zero-order chi connectivity index (χ0) is 25.6. The fourth-order valence-corrected chi connectivity index (χ4v) is 5.24. The monoisotopic (exact) mass is 493 g/mol. The average molecular weight is 494 g/mol. The van der Waals surface area contributed by atoms with Crippen LogP contribution in [0.3, 0.4) is 0 Å². The maximum Gasteiger partial charge on any atom is 0.242 e. The summed E-state index contributed by atoms with van der Waals surface area (Å²) in [6.45, 7) is 6.55. The van der Waals surface area contributed by atoms with Crippen molar-refractivity contribution in [2.45, 2.75) is 19.3 Å². The Hall–Kier alpha value is -4.23. The van der Waals surface area contributed by atoms with Gasteiger partial charge in [0.05, 0.1) is 36.6 Å². The molecule has 2 aliphatic heterocycles. The molecule has 7 nitrogen and oxygen atoms in total. The van der Waals surface area contributed by atoms with E-state index in [2.05, 4.69) is 34.5 Å². The van der Waals surface area contributed by atoms with Crippen molar-refractivity contribution >= 4 is 28.8 Å². The predicted octanol–water partition coefficient (Wildman–Crippen LogP) is 4.73. The SMILES string of the molecule is CC1=CC(=Nc2ccc(N3CCOCC3)cc2-c2ccccc2)C2=C(C1=O)C(C)(c1ccco1)C(=O)N2. The number of amides is 1. The summed E-state index contributed by atoms with van der Waals surface area (Å²) in [6, 6.07) is 19.8. The molecule has 2 aromatic carbocycles. The van der Waals surface area contributed by atoms with Gasteiger partial charge in [-0.25, -0.2) is 4.99 Å². The number of furan rings is 1. The number of ether oxygens (including phenoxy) is 1. The molecule has 1 saturated heterocycles. The van der Waals surface area contributed by atoms with E-state index in [1.165, 1.54) is 6.26 Å². The van der Waals surface area contributed by atoms with Crippen LogP contribution in [0.2, 0.25) is 0 Å². The Morgan fingerprint density at radius 1 is 1.00 bits per heavy atom. The van der Waals surface area contributed by atoms with Crippen LogP contribution in [-0.2, 0) is 19.7 Å². The highest BCUT2D eigenvalue weighted by Gasteiger charge is 2.53. The lowest BCUT2D eigenvalue weighted by atomic mass is 9.75. The molecule has 1 fully saturated rings. The molecule has 0 spiro atoms. The van der Waals surface area contributed by atoms with Crippen molar-refractivity contribution in [3.8, 4) is 11.1 Å². The first-order valence-electron chi connectivity index (χ1n) is 12.4. The first-order valence-corrected chi connectivity index (χ1v) is 12.4. The van der Waals surface area contributed by atoms with Gasteiger partial charge in [0.1, 0.15) is 11.2 Å². The molecular formula is C30H27N3O4. The summed E-state index contributed by atoms with van der Waals surface area (Å²) in [5.41, 5.74) is 4.53. The van der Waals surface area contributed by atoms with Crippen molar-refractivity contribution in [2.75, 3.05) is 31.2 Å². The summed E-state index contributed by atoms with van der Waals surface area (Å²) in [5.74, 6) is -0.0584. The first kappa shape index (κ1) is 23.2. The highest BCUT2D eigenvalue weighted by atomic mass is 16.5. The van der Waals surface area contributed by atoms with Gasteiger partial charge in [0.15, 0.2) is 5.78 Å². The van der Waals surface area contributed by atoms with Crippen LogP contribution in [-0.4, -0.2) is 43.7 Å². The number of benzene rings is 2. The third-order valence-electron chi connectivity index (χ3n) is 7.33. The molecule has 3 aromatic rings. The fourth-order valence-electron chi connectivity index (χ4n) is 5.24. The second-order valence-corrected chi connectivity index (χ2v) is 9.63. The minimum absolute atomic E-state index is 0.183. The number of nitrogens with one attached hydrogen (secondary N) is 1. The van der Waals surface area contributed by atoms with Crippen LogP contribution in [0.25, 0.3) is 11.1 Å². The lowest BCUT2D eigenvalue weighted by Crippen LogP contribution is -2.37. The van der Waals surface area contributed by atoms with Crippen LogP contribution in [0.15, 0.2) is 99.3 Å². The van der Waals surface area contributed by atoms with Gasteiger partial charge in [-0.15, -0.1) is 0 Å². The molecule has 1 atom stereocenters.